The monoisotopic (exact) mass is 269 g/mol. The van der Waals surface area contributed by atoms with Gasteiger partial charge < -0.3 is 15.4 Å². The maximum atomic E-state index is 11.9. The minimum atomic E-state index is -0.105. The topological polar surface area (TPSA) is 53.6 Å². The van der Waals surface area contributed by atoms with Crippen LogP contribution in [0, 0.1) is 0 Å². The molecule has 1 aliphatic carbocycles. The van der Waals surface area contributed by atoms with Gasteiger partial charge in [-0.15, -0.1) is 0 Å². The van der Waals surface area contributed by atoms with Gasteiger partial charge in [0, 0.05) is 45.4 Å². The molecule has 2 unspecified atom stereocenters. The quantitative estimate of drug-likeness (QED) is 0.625. The van der Waals surface area contributed by atoms with Gasteiger partial charge in [0.2, 0.25) is 5.91 Å². The molecule has 1 saturated carbocycles. The Balaban J connectivity index is 1.60. The number of carbonyl (C=O) groups excluding carboxylic acids is 1. The van der Waals surface area contributed by atoms with Gasteiger partial charge >= 0.3 is 0 Å². The number of hydrogen-bond donors (Lipinski definition) is 2. The summed E-state index contributed by atoms with van der Waals surface area (Å²) in [6.07, 6.45) is 4.76. The number of nitrogens with one attached hydrogen (secondary N) is 2. The van der Waals surface area contributed by atoms with Crippen LogP contribution in [0.4, 0.5) is 0 Å². The zero-order valence-corrected chi connectivity index (χ0v) is 12.2. The van der Waals surface area contributed by atoms with Gasteiger partial charge in [0.05, 0.1) is 6.04 Å². The molecular weight excluding hydrogens is 242 g/mol. The van der Waals surface area contributed by atoms with E-state index in [0.717, 1.165) is 25.4 Å². The number of nitrogens with zero attached hydrogens (tertiary/aromatic N) is 1. The molecule has 110 valence electrons. The van der Waals surface area contributed by atoms with Crippen LogP contribution in [0.15, 0.2) is 0 Å². The Morgan fingerprint density at radius 3 is 2.89 bits per heavy atom. The van der Waals surface area contributed by atoms with E-state index in [-0.39, 0.29) is 11.9 Å². The Hall–Kier alpha value is -0.650. The molecule has 0 aromatic rings. The summed E-state index contributed by atoms with van der Waals surface area (Å²) < 4.78 is 4.96. The van der Waals surface area contributed by atoms with E-state index in [9.17, 15) is 4.79 Å². The van der Waals surface area contributed by atoms with E-state index in [1.54, 1.807) is 7.11 Å². The molecule has 5 nitrogen and oxygen atoms in total. The third-order valence-corrected chi connectivity index (χ3v) is 3.99. The third-order valence-electron chi connectivity index (χ3n) is 3.99. The Bertz CT molecular complexity index is 294. The number of ether oxygens (including phenoxy) is 1. The lowest BCUT2D eigenvalue weighted by Crippen LogP contribution is -2.47. The van der Waals surface area contributed by atoms with E-state index >= 15 is 0 Å². The molecule has 1 heterocycles. The fraction of sp³-hybridized carbons (Fsp3) is 0.929. The van der Waals surface area contributed by atoms with Crippen molar-refractivity contribution in [3.63, 3.8) is 0 Å². The minimum absolute atomic E-state index is 0.0981. The molecule has 2 fully saturated rings. The van der Waals surface area contributed by atoms with Crippen molar-refractivity contribution in [1.29, 1.82) is 0 Å². The minimum Gasteiger partial charge on any atom is -0.385 e. The first-order valence-electron chi connectivity index (χ1n) is 7.47. The van der Waals surface area contributed by atoms with E-state index < -0.39 is 0 Å². The zero-order chi connectivity index (χ0) is 13.7. The first-order valence-corrected chi connectivity index (χ1v) is 7.47. The molecule has 0 spiro atoms. The first kappa shape index (κ1) is 14.8. The third kappa shape index (κ3) is 4.75. The van der Waals surface area contributed by atoms with E-state index in [0.29, 0.717) is 19.2 Å². The molecular formula is C14H27N3O2. The lowest BCUT2D eigenvalue weighted by Gasteiger charge is -2.20. The van der Waals surface area contributed by atoms with Crippen molar-refractivity contribution < 1.29 is 9.53 Å². The van der Waals surface area contributed by atoms with Crippen LogP contribution in [-0.4, -0.2) is 62.3 Å². The van der Waals surface area contributed by atoms with E-state index in [2.05, 4.69) is 15.5 Å². The van der Waals surface area contributed by atoms with Gasteiger partial charge in [-0.1, -0.05) is 0 Å². The maximum absolute atomic E-state index is 11.9. The molecule has 2 aliphatic rings. The maximum Gasteiger partial charge on any atom is 0.236 e. The number of hydrogen-bond acceptors (Lipinski definition) is 4. The number of amides is 1. The fourth-order valence-electron chi connectivity index (χ4n) is 2.71. The summed E-state index contributed by atoms with van der Waals surface area (Å²) in [5.74, 6) is 0.0981. The molecule has 2 rings (SSSR count). The van der Waals surface area contributed by atoms with Crippen LogP contribution in [0.1, 0.15) is 32.6 Å². The highest BCUT2D eigenvalue weighted by Gasteiger charge is 2.34. The summed E-state index contributed by atoms with van der Waals surface area (Å²) in [6.45, 7) is 5.63. The van der Waals surface area contributed by atoms with E-state index in [1.807, 2.05) is 6.92 Å². The van der Waals surface area contributed by atoms with Gasteiger partial charge in [-0.2, -0.15) is 0 Å². The van der Waals surface area contributed by atoms with Gasteiger partial charge in [0.15, 0.2) is 0 Å². The van der Waals surface area contributed by atoms with Crippen LogP contribution in [0.2, 0.25) is 0 Å². The number of likely N-dealkylation sites (tertiary alicyclic amines) is 1. The lowest BCUT2D eigenvalue weighted by molar-refractivity contribution is -0.122. The van der Waals surface area contributed by atoms with E-state index in [1.165, 1.54) is 19.4 Å². The molecule has 19 heavy (non-hydrogen) atoms. The zero-order valence-electron chi connectivity index (χ0n) is 12.2. The average Bonchev–Trinajstić information content (AvgIpc) is 3.15. The average molecular weight is 269 g/mol. The Labute approximate surface area is 116 Å². The van der Waals surface area contributed by atoms with Gasteiger partial charge in [-0.25, -0.2) is 0 Å². The predicted octanol–water partition coefficient (Wildman–Crippen LogP) is 0.354. The van der Waals surface area contributed by atoms with Gasteiger partial charge in [-0.3, -0.25) is 9.69 Å². The molecule has 1 saturated heterocycles. The van der Waals surface area contributed by atoms with Crippen LogP contribution in [-0.2, 0) is 9.53 Å². The smallest absolute Gasteiger partial charge is 0.236 e. The molecule has 0 bridgehead atoms. The van der Waals surface area contributed by atoms with Crippen molar-refractivity contribution in [1.82, 2.24) is 15.5 Å². The second-order valence-corrected chi connectivity index (χ2v) is 5.74. The fourth-order valence-corrected chi connectivity index (χ4v) is 2.71. The molecule has 2 N–H and O–H groups in total. The van der Waals surface area contributed by atoms with Crippen molar-refractivity contribution in [2.75, 3.05) is 33.4 Å². The molecule has 5 heteroatoms. The largest absolute Gasteiger partial charge is 0.385 e. The molecule has 1 amide bonds. The van der Waals surface area contributed by atoms with Crippen LogP contribution >= 0.6 is 0 Å². The van der Waals surface area contributed by atoms with Crippen LogP contribution in [0.5, 0.6) is 0 Å². The SMILES string of the molecule is COCCCNC(=O)C(C)NC1CCN(C2CC2)C1. The van der Waals surface area contributed by atoms with Crippen molar-refractivity contribution in [2.45, 2.75) is 50.7 Å². The van der Waals surface area contributed by atoms with Gasteiger partial charge in [-0.05, 0) is 32.6 Å². The summed E-state index contributed by atoms with van der Waals surface area (Å²) in [4.78, 5) is 14.5. The predicted molar refractivity (Wildman–Crippen MR) is 75.1 cm³/mol. The summed E-state index contributed by atoms with van der Waals surface area (Å²) in [5.41, 5.74) is 0. The number of rotatable bonds is 8. The van der Waals surface area contributed by atoms with Crippen molar-refractivity contribution in [3.05, 3.63) is 0 Å². The highest BCUT2D eigenvalue weighted by atomic mass is 16.5. The van der Waals surface area contributed by atoms with Crippen LogP contribution < -0.4 is 10.6 Å². The van der Waals surface area contributed by atoms with E-state index in [4.69, 9.17) is 4.74 Å². The standard InChI is InChI=1S/C14H27N3O2/c1-11(14(18)15-7-3-9-19-2)16-12-6-8-17(10-12)13-4-5-13/h11-13,16H,3-10H2,1-2H3,(H,15,18). The van der Waals surface area contributed by atoms with Crippen molar-refractivity contribution >= 4 is 5.91 Å². The second kappa shape index (κ2) is 7.22. The van der Waals surface area contributed by atoms with Gasteiger partial charge in [0.1, 0.15) is 0 Å². The molecule has 2 atom stereocenters. The number of carbonyl (C=O) groups is 1. The summed E-state index contributed by atoms with van der Waals surface area (Å²) in [6, 6.07) is 1.21. The molecule has 1 aliphatic heterocycles. The van der Waals surface area contributed by atoms with Crippen molar-refractivity contribution in [3.8, 4) is 0 Å². The highest BCUT2D eigenvalue weighted by molar-refractivity contribution is 5.81. The summed E-state index contributed by atoms with van der Waals surface area (Å²) in [5, 5.41) is 6.39. The summed E-state index contributed by atoms with van der Waals surface area (Å²) >= 11 is 0. The normalized spacial score (nSPS) is 25.5. The Morgan fingerprint density at radius 1 is 1.42 bits per heavy atom. The van der Waals surface area contributed by atoms with Gasteiger partial charge in [0.25, 0.3) is 0 Å². The Kier molecular flexibility index (Phi) is 5.60. The molecule has 0 aromatic heterocycles. The van der Waals surface area contributed by atoms with Crippen LogP contribution in [0.3, 0.4) is 0 Å². The van der Waals surface area contributed by atoms with Crippen LogP contribution in [0.25, 0.3) is 0 Å². The Morgan fingerprint density at radius 2 is 2.21 bits per heavy atom. The highest BCUT2D eigenvalue weighted by Crippen LogP contribution is 2.29. The number of methoxy groups -OCH3 is 1. The molecule has 0 aromatic carbocycles. The first-order chi connectivity index (χ1) is 9.20. The molecule has 0 radical (unpaired) electrons. The second-order valence-electron chi connectivity index (χ2n) is 5.74. The lowest BCUT2D eigenvalue weighted by atomic mass is 10.2. The summed E-state index contributed by atoms with van der Waals surface area (Å²) in [7, 11) is 1.68. The van der Waals surface area contributed by atoms with Crippen molar-refractivity contribution in [2.24, 2.45) is 0 Å².